The summed E-state index contributed by atoms with van der Waals surface area (Å²) in [6.45, 7) is -0.274. The molecule has 112 valence electrons. The molecule has 2 amide bonds. The Morgan fingerprint density at radius 1 is 0.636 bits per heavy atom. The normalized spacial score (nSPS) is 15.4. The molecule has 1 fully saturated rings. The molecule has 0 atom stereocenters. The van der Waals surface area contributed by atoms with Gasteiger partial charge in [-0.3, -0.25) is 9.59 Å². The van der Waals surface area contributed by atoms with Crippen LogP contribution in [0.25, 0.3) is 0 Å². The lowest BCUT2D eigenvalue weighted by Crippen LogP contribution is -2.54. The van der Waals surface area contributed by atoms with Gasteiger partial charge in [0.15, 0.2) is 0 Å². The van der Waals surface area contributed by atoms with E-state index >= 15 is 0 Å². The summed E-state index contributed by atoms with van der Waals surface area (Å²) in [5, 5.41) is 0. The minimum absolute atomic E-state index is 0.137. The molecule has 1 aliphatic rings. The minimum Gasteiger partial charge on any atom is -0.301 e. The van der Waals surface area contributed by atoms with Gasteiger partial charge < -0.3 is 9.80 Å². The third-order valence-corrected chi connectivity index (χ3v) is 3.47. The van der Waals surface area contributed by atoms with Crippen LogP contribution in [0.3, 0.4) is 0 Å². The summed E-state index contributed by atoms with van der Waals surface area (Å²) in [7, 11) is 0. The van der Waals surface area contributed by atoms with Crippen LogP contribution in [0.15, 0.2) is 48.5 Å². The highest BCUT2D eigenvalue weighted by Gasteiger charge is 2.31. The van der Waals surface area contributed by atoms with Gasteiger partial charge in [-0.2, -0.15) is 0 Å². The number of hydrogen-bond donors (Lipinski definition) is 0. The number of amides is 2. The Kier molecular flexibility index (Phi) is 3.58. The van der Waals surface area contributed by atoms with Gasteiger partial charge in [0.05, 0.1) is 0 Å². The van der Waals surface area contributed by atoms with E-state index in [0.29, 0.717) is 11.4 Å². The zero-order valence-corrected chi connectivity index (χ0v) is 11.5. The monoisotopic (exact) mass is 302 g/mol. The number of halogens is 2. The third-order valence-electron chi connectivity index (χ3n) is 3.47. The number of carbonyl (C=O) groups excluding carboxylic acids is 2. The number of nitrogens with zero attached hydrogens (tertiary/aromatic N) is 2. The summed E-state index contributed by atoms with van der Waals surface area (Å²) in [4.78, 5) is 27.1. The largest absolute Gasteiger partial charge is 0.301 e. The molecule has 0 aliphatic carbocycles. The van der Waals surface area contributed by atoms with Crippen LogP contribution in [-0.4, -0.2) is 24.9 Å². The van der Waals surface area contributed by atoms with Gasteiger partial charge in [0.2, 0.25) is 11.8 Å². The zero-order chi connectivity index (χ0) is 15.7. The van der Waals surface area contributed by atoms with Gasteiger partial charge >= 0.3 is 0 Å². The number of anilines is 2. The second-order valence-corrected chi connectivity index (χ2v) is 4.91. The van der Waals surface area contributed by atoms with Crippen molar-refractivity contribution < 1.29 is 18.4 Å². The van der Waals surface area contributed by atoms with Gasteiger partial charge in [0, 0.05) is 11.4 Å². The molecule has 1 saturated heterocycles. The van der Waals surface area contributed by atoms with Crippen molar-refractivity contribution in [2.75, 3.05) is 22.9 Å². The Hall–Kier alpha value is -2.76. The molecule has 0 unspecified atom stereocenters. The van der Waals surface area contributed by atoms with E-state index < -0.39 is 11.6 Å². The van der Waals surface area contributed by atoms with Crippen LogP contribution < -0.4 is 9.80 Å². The molecule has 0 spiro atoms. The number of benzene rings is 2. The van der Waals surface area contributed by atoms with Gasteiger partial charge in [-0.05, 0) is 48.5 Å². The quantitative estimate of drug-likeness (QED) is 0.854. The Bertz CT molecular complexity index is 650. The van der Waals surface area contributed by atoms with Crippen molar-refractivity contribution in [3.8, 4) is 0 Å². The van der Waals surface area contributed by atoms with Crippen LogP contribution in [0.1, 0.15) is 0 Å². The maximum absolute atomic E-state index is 12.9. The molecular weight excluding hydrogens is 290 g/mol. The first-order valence-corrected chi connectivity index (χ1v) is 6.66. The maximum Gasteiger partial charge on any atom is 0.247 e. The Labute approximate surface area is 125 Å². The van der Waals surface area contributed by atoms with Gasteiger partial charge in [-0.25, -0.2) is 8.78 Å². The molecule has 1 aliphatic heterocycles. The molecule has 0 N–H and O–H groups in total. The molecule has 0 bridgehead atoms. The molecule has 3 rings (SSSR count). The summed E-state index contributed by atoms with van der Waals surface area (Å²) in [6, 6.07) is 10.8. The first-order valence-electron chi connectivity index (χ1n) is 6.66. The highest BCUT2D eigenvalue weighted by molar-refractivity contribution is 6.12. The molecular formula is C16H12F2N2O2. The van der Waals surface area contributed by atoms with Gasteiger partial charge in [-0.1, -0.05) is 0 Å². The SMILES string of the molecule is O=C1CN(c2ccc(F)cc2)C(=O)CN1c1ccc(F)cc1. The Morgan fingerprint density at radius 3 is 1.27 bits per heavy atom. The summed E-state index contributed by atoms with van der Waals surface area (Å²) in [5.74, 6) is -1.38. The fourth-order valence-electron chi connectivity index (χ4n) is 2.33. The van der Waals surface area contributed by atoms with Crippen molar-refractivity contribution in [1.29, 1.82) is 0 Å². The Balaban J connectivity index is 1.82. The van der Waals surface area contributed by atoms with Gasteiger partial charge in [0.25, 0.3) is 0 Å². The molecule has 4 nitrogen and oxygen atoms in total. The summed E-state index contributed by atoms with van der Waals surface area (Å²) in [5.41, 5.74) is 0.942. The van der Waals surface area contributed by atoms with Crippen LogP contribution >= 0.6 is 0 Å². The fourth-order valence-corrected chi connectivity index (χ4v) is 2.33. The molecule has 0 saturated carbocycles. The van der Waals surface area contributed by atoms with E-state index in [2.05, 4.69) is 0 Å². The average molecular weight is 302 g/mol. The maximum atomic E-state index is 12.9. The van der Waals surface area contributed by atoms with Crippen molar-refractivity contribution >= 4 is 23.2 Å². The second-order valence-electron chi connectivity index (χ2n) is 4.91. The van der Waals surface area contributed by atoms with Crippen LogP contribution in [0.5, 0.6) is 0 Å². The minimum atomic E-state index is -0.410. The Morgan fingerprint density at radius 2 is 0.955 bits per heavy atom. The molecule has 2 aromatic carbocycles. The van der Waals surface area contributed by atoms with Crippen LogP contribution in [0.4, 0.5) is 20.2 Å². The topological polar surface area (TPSA) is 40.6 Å². The van der Waals surface area contributed by atoms with Crippen LogP contribution in [0, 0.1) is 11.6 Å². The fraction of sp³-hybridized carbons (Fsp3) is 0.125. The number of hydrogen-bond acceptors (Lipinski definition) is 2. The van der Waals surface area contributed by atoms with Crippen molar-refractivity contribution in [3.05, 3.63) is 60.2 Å². The number of carbonyl (C=O) groups is 2. The lowest BCUT2D eigenvalue weighted by atomic mass is 10.2. The van der Waals surface area contributed by atoms with E-state index in [-0.39, 0.29) is 24.9 Å². The molecule has 22 heavy (non-hydrogen) atoms. The molecule has 0 radical (unpaired) electrons. The number of piperazine rings is 1. The molecule has 2 aromatic rings. The third kappa shape index (κ3) is 2.67. The van der Waals surface area contributed by atoms with Crippen LogP contribution in [0.2, 0.25) is 0 Å². The summed E-state index contributed by atoms with van der Waals surface area (Å²) < 4.78 is 25.9. The van der Waals surface area contributed by atoms with Crippen molar-refractivity contribution in [1.82, 2.24) is 0 Å². The van der Waals surface area contributed by atoms with Gasteiger partial charge in [-0.15, -0.1) is 0 Å². The van der Waals surface area contributed by atoms with E-state index in [1.807, 2.05) is 0 Å². The van der Waals surface area contributed by atoms with Crippen molar-refractivity contribution in [2.45, 2.75) is 0 Å². The molecule has 6 heteroatoms. The standard InChI is InChI=1S/C16H12F2N2O2/c17-11-1-5-13(6-2-11)19-9-16(22)20(10-15(19)21)14-7-3-12(18)4-8-14/h1-8H,9-10H2. The van der Waals surface area contributed by atoms with E-state index in [4.69, 9.17) is 0 Å². The first-order chi connectivity index (χ1) is 10.5. The van der Waals surface area contributed by atoms with E-state index in [0.717, 1.165) is 0 Å². The predicted molar refractivity (Wildman–Crippen MR) is 77.5 cm³/mol. The van der Waals surface area contributed by atoms with E-state index in [1.54, 1.807) is 0 Å². The number of rotatable bonds is 2. The first kappa shape index (κ1) is 14.2. The smallest absolute Gasteiger partial charge is 0.247 e. The summed E-state index contributed by atoms with van der Waals surface area (Å²) in [6.07, 6.45) is 0. The van der Waals surface area contributed by atoms with E-state index in [9.17, 15) is 18.4 Å². The van der Waals surface area contributed by atoms with Gasteiger partial charge in [0.1, 0.15) is 24.7 Å². The average Bonchev–Trinajstić information content (AvgIpc) is 2.51. The predicted octanol–water partition coefficient (Wildman–Crippen LogP) is 2.34. The molecule has 0 aromatic heterocycles. The van der Waals surface area contributed by atoms with Crippen molar-refractivity contribution in [3.63, 3.8) is 0 Å². The lowest BCUT2D eigenvalue weighted by molar-refractivity contribution is -0.125. The highest BCUT2D eigenvalue weighted by Crippen LogP contribution is 2.22. The van der Waals surface area contributed by atoms with Crippen LogP contribution in [-0.2, 0) is 9.59 Å². The second kappa shape index (κ2) is 5.55. The zero-order valence-electron chi connectivity index (χ0n) is 11.5. The summed E-state index contributed by atoms with van der Waals surface area (Å²) >= 11 is 0. The van der Waals surface area contributed by atoms with Crippen molar-refractivity contribution in [2.24, 2.45) is 0 Å². The highest BCUT2D eigenvalue weighted by atomic mass is 19.1. The molecule has 1 heterocycles. The lowest BCUT2D eigenvalue weighted by Gasteiger charge is -2.33. The van der Waals surface area contributed by atoms with E-state index in [1.165, 1.54) is 58.3 Å².